The molecule has 0 aromatic carbocycles. The quantitative estimate of drug-likeness (QED) is 0.742. The number of nitrogens with one attached hydrogen (secondary N) is 1. The van der Waals surface area contributed by atoms with E-state index in [1.165, 1.54) is 58.3 Å². The predicted molar refractivity (Wildman–Crippen MR) is 105 cm³/mol. The monoisotopic (exact) mass is 344 g/mol. The Morgan fingerprint density at radius 2 is 1.64 bits per heavy atom. The van der Waals surface area contributed by atoms with E-state index in [1.54, 1.807) is 32.1 Å². The average Bonchev–Trinajstić information content (AvgIpc) is 3.03. The summed E-state index contributed by atoms with van der Waals surface area (Å²) in [6.45, 7) is 10.4. The molecular weight excluding hydrogens is 304 g/mol. The van der Waals surface area contributed by atoms with E-state index in [4.69, 9.17) is 0 Å². The highest BCUT2D eigenvalue weighted by Crippen LogP contribution is 2.66. The van der Waals surface area contributed by atoms with Gasteiger partial charge in [-0.2, -0.15) is 0 Å². The lowest BCUT2D eigenvalue weighted by Gasteiger charge is -2.61. The fourth-order valence-corrected chi connectivity index (χ4v) is 8.68. The van der Waals surface area contributed by atoms with E-state index >= 15 is 0 Å². The molecule has 142 valence electrons. The van der Waals surface area contributed by atoms with E-state index in [0.29, 0.717) is 5.41 Å². The Hall–Kier alpha value is -0.0800. The number of fused-ring (bicyclic) bond motifs is 5. The summed E-state index contributed by atoms with van der Waals surface area (Å²) >= 11 is 0. The Bertz CT molecular complexity index is 498. The van der Waals surface area contributed by atoms with Gasteiger partial charge in [-0.3, -0.25) is 4.90 Å². The van der Waals surface area contributed by atoms with Gasteiger partial charge >= 0.3 is 0 Å². The van der Waals surface area contributed by atoms with Crippen molar-refractivity contribution >= 4 is 0 Å². The van der Waals surface area contributed by atoms with Crippen LogP contribution in [0.1, 0.15) is 78.1 Å². The molecular formula is C23H40N2. The first-order chi connectivity index (χ1) is 12.1. The third-order valence-corrected chi connectivity index (χ3v) is 10.0. The van der Waals surface area contributed by atoms with Crippen LogP contribution in [0.25, 0.3) is 0 Å². The smallest absolute Gasteiger partial charge is 0.0110 e. The van der Waals surface area contributed by atoms with Crippen LogP contribution < -0.4 is 5.32 Å². The number of hydrogen-bond donors (Lipinski definition) is 1. The molecule has 5 aliphatic rings. The molecule has 1 saturated heterocycles. The normalized spacial score (nSPS) is 53.8. The van der Waals surface area contributed by atoms with E-state index in [2.05, 4.69) is 24.1 Å². The lowest BCUT2D eigenvalue weighted by molar-refractivity contribution is -0.118. The molecule has 2 unspecified atom stereocenters. The van der Waals surface area contributed by atoms with Crippen LogP contribution in [-0.2, 0) is 0 Å². The number of hydrogen-bond acceptors (Lipinski definition) is 2. The van der Waals surface area contributed by atoms with Gasteiger partial charge in [-0.05, 0) is 92.3 Å². The van der Waals surface area contributed by atoms with Gasteiger partial charge in [0.05, 0.1) is 0 Å². The molecule has 1 N–H and O–H groups in total. The summed E-state index contributed by atoms with van der Waals surface area (Å²) in [7, 11) is 0. The largest absolute Gasteiger partial charge is 0.314 e. The lowest BCUT2D eigenvalue weighted by Crippen LogP contribution is -2.57. The predicted octanol–water partition coefficient (Wildman–Crippen LogP) is 4.69. The Morgan fingerprint density at radius 1 is 0.840 bits per heavy atom. The summed E-state index contributed by atoms with van der Waals surface area (Å²) in [5.41, 5.74) is 1.37. The van der Waals surface area contributed by atoms with Crippen molar-refractivity contribution in [1.82, 2.24) is 10.2 Å². The van der Waals surface area contributed by atoms with Gasteiger partial charge in [0.2, 0.25) is 0 Å². The van der Waals surface area contributed by atoms with Crippen LogP contribution in [0.5, 0.6) is 0 Å². The van der Waals surface area contributed by atoms with Crippen LogP contribution >= 0.6 is 0 Å². The summed E-state index contributed by atoms with van der Waals surface area (Å²) in [6.07, 6.45) is 15.4. The third kappa shape index (κ3) is 2.64. The van der Waals surface area contributed by atoms with Gasteiger partial charge in [-0.25, -0.2) is 0 Å². The summed E-state index contributed by atoms with van der Waals surface area (Å²) in [4.78, 5) is 2.85. The molecule has 1 heterocycles. The molecule has 2 nitrogen and oxygen atoms in total. The molecule has 0 amide bonds. The van der Waals surface area contributed by atoms with Crippen molar-refractivity contribution in [2.75, 3.05) is 26.2 Å². The molecule has 7 atom stereocenters. The first kappa shape index (κ1) is 17.0. The Kier molecular flexibility index (Phi) is 4.25. The topological polar surface area (TPSA) is 15.3 Å². The summed E-state index contributed by atoms with van der Waals surface area (Å²) in [6, 6.07) is 0.888. The van der Waals surface area contributed by atoms with Crippen molar-refractivity contribution in [3.63, 3.8) is 0 Å². The number of nitrogens with zero attached hydrogens (tertiary/aromatic N) is 1. The van der Waals surface area contributed by atoms with Crippen molar-refractivity contribution in [1.29, 1.82) is 0 Å². The fourth-order valence-electron chi connectivity index (χ4n) is 8.68. The second-order valence-corrected chi connectivity index (χ2v) is 11.0. The van der Waals surface area contributed by atoms with E-state index in [-0.39, 0.29) is 0 Å². The second kappa shape index (κ2) is 6.23. The molecule has 4 aliphatic carbocycles. The molecule has 0 aromatic heterocycles. The maximum atomic E-state index is 3.55. The standard InChI is InChI=1S/C23H40N2/c1-22-10-3-4-20(22)19-8-6-17-5-7-18(25-14-12-24-13-15-25)16-23(17,2)21(19)9-11-22/h17-21,24H,3-16H2,1-2H3/t17?,18?,19-,20-,21-,22-,23-/m0/s1. The van der Waals surface area contributed by atoms with Gasteiger partial charge in [0.1, 0.15) is 0 Å². The zero-order valence-corrected chi connectivity index (χ0v) is 16.7. The third-order valence-electron chi connectivity index (χ3n) is 10.0. The van der Waals surface area contributed by atoms with Crippen LogP contribution in [0.2, 0.25) is 0 Å². The minimum Gasteiger partial charge on any atom is -0.314 e. The Balaban J connectivity index is 1.38. The molecule has 1 aliphatic heterocycles. The molecule has 5 rings (SSSR count). The van der Waals surface area contributed by atoms with E-state index in [0.717, 1.165) is 35.1 Å². The lowest BCUT2D eigenvalue weighted by atomic mass is 9.45. The molecule has 2 heteroatoms. The second-order valence-electron chi connectivity index (χ2n) is 11.0. The Labute approximate surface area is 155 Å². The maximum Gasteiger partial charge on any atom is 0.0110 e. The SMILES string of the molecule is C[C@@]12CCC[C@H]1[C@@H]1CCC3CCC(N4CCNCC4)C[C@]3(C)[C@H]1CC2. The minimum absolute atomic E-state index is 0.653. The molecule has 4 saturated carbocycles. The highest BCUT2D eigenvalue weighted by Gasteiger charge is 2.58. The summed E-state index contributed by atoms with van der Waals surface area (Å²) in [5, 5.41) is 3.55. The van der Waals surface area contributed by atoms with Crippen LogP contribution in [-0.4, -0.2) is 37.1 Å². The van der Waals surface area contributed by atoms with Gasteiger partial charge < -0.3 is 5.32 Å². The molecule has 0 bridgehead atoms. The zero-order chi connectivity index (χ0) is 17.1. The van der Waals surface area contributed by atoms with Crippen molar-refractivity contribution < 1.29 is 0 Å². The first-order valence-electron chi connectivity index (χ1n) is 11.5. The highest BCUT2D eigenvalue weighted by molar-refractivity contribution is 5.08. The Morgan fingerprint density at radius 3 is 2.48 bits per heavy atom. The van der Waals surface area contributed by atoms with E-state index in [1.807, 2.05) is 0 Å². The van der Waals surface area contributed by atoms with Crippen molar-refractivity contribution in [2.24, 2.45) is 34.5 Å². The van der Waals surface area contributed by atoms with Crippen molar-refractivity contribution in [3.05, 3.63) is 0 Å². The van der Waals surface area contributed by atoms with Crippen molar-refractivity contribution in [2.45, 2.75) is 84.1 Å². The molecule has 0 spiro atoms. The maximum absolute atomic E-state index is 3.55. The van der Waals surface area contributed by atoms with Gasteiger partial charge in [0.15, 0.2) is 0 Å². The zero-order valence-electron chi connectivity index (χ0n) is 16.7. The van der Waals surface area contributed by atoms with E-state index in [9.17, 15) is 0 Å². The van der Waals surface area contributed by atoms with Gasteiger partial charge in [-0.1, -0.05) is 20.3 Å². The molecule has 0 aromatic rings. The summed E-state index contributed by atoms with van der Waals surface area (Å²) < 4.78 is 0. The van der Waals surface area contributed by atoms with Gasteiger partial charge in [0.25, 0.3) is 0 Å². The molecule has 25 heavy (non-hydrogen) atoms. The van der Waals surface area contributed by atoms with E-state index < -0.39 is 0 Å². The van der Waals surface area contributed by atoms with Gasteiger partial charge in [0, 0.05) is 32.2 Å². The molecule has 0 radical (unpaired) electrons. The minimum atomic E-state index is 0.653. The average molecular weight is 345 g/mol. The van der Waals surface area contributed by atoms with Crippen LogP contribution in [0, 0.1) is 34.5 Å². The van der Waals surface area contributed by atoms with Crippen molar-refractivity contribution in [3.8, 4) is 0 Å². The van der Waals surface area contributed by atoms with Crippen LogP contribution in [0.15, 0.2) is 0 Å². The number of piperazine rings is 1. The fraction of sp³-hybridized carbons (Fsp3) is 1.00. The van der Waals surface area contributed by atoms with Crippen LogP contribution in [0.3, 0.4) is 0 Å². The van der Waals surface area contributed by atoms with Crippen LogP contribution in [0.4, 0.5) is 0 Å². The highest BCUT2D eigenvalue weighted by atomic mass is 15.2. The number of rotatable bonds is 1. The summed E-state index contributed by atoms with van der Waals surface area (Å²) in [5.74, 6) is 4.24. The molecule has 5 fully saturated rings. The first-order valence-corrected chi connectivity index (χ1v) is 11.5. The van der Waals surface area contributed by atoms with Gasteiger partial charge in [-0.15, -0.1) is 0 Å².